The molecule has 148 valence electrons. The van der Waals surface area contributed by atoms with Crippen LogP contribution in [0.2, 0.25) is 0 Å². The van der Waals surface area contributed by atoms with Crippen molar-refractivity contribution >= 4 is 11.7 Å². The summed E-state index contributed by atoms with van der Waals surface area (Å²) in [7, 11) is 1.65. The second-order valence-electron chi connectivity index (χ2n) is 6.82. The van der Waals surface area contributed by atoms with E-state index in [2.05, 4.69) is 10.3 Å². The Hall–Kier alpha value is -3.38. The fourth-order valence-electron chi connectivity index (χ4n) is 3.20. The molecule has 29 heavy (non-hydrogen) atoms. The predicted octanol–water partition coefficient (Wildman–Crippen LogP) is 3.83. The lowest BCUT2D eigenvalue weighted by molar-refractivity contribution is -0.135. The van der Waals surface area contributed by atoms with E-state index in [0.29, 0.717) is 31.2 Å². The highest BCUT2D eigenvalue weighted by Gasteiger charge is 2.27. The number of rotatable bonds is 7. The zero-order valence-electron chi connectivity index (χ0n) is 16.3. The van der Waals surface area contributed by atoms with Gasteiger partial charge in [-0.05, 0) is 41.3 Å². The third kappa shape index (κ3) is 4.55. The summed E-state index contributed by atoms with van der Waals surface area (Å²) < 4.78 is 5.18. The van der Waals surface area contributed by atoms with Gasteiger partial charge >= 0.3 is 0 Å². The highest BCUT2D eigenvalue weighted by molar-refractivity contribution is 5.94. The van der Waals surface area contributed by atoms with Gasteiger partial charge in [0.05, 0.1) is 13.7 Å². The van der Waals surface area contributed by atoms with Crippen molar-refractivity contribution in [1.29, 1.82) is 0 Å². The van der Waals surface area contributed by atoms with E-state index in [0.717, 1.165) is 28.9 Å². The molecule has 1 aliphatic rings. The van der Waals surface area contributed by atoms with Crippen LogP contribution in [0.25, 0.3) is 0 Å². The molecular formula is C23H23N3O3. The van der Waals surface area contributed by atoms with Gasteiger partial charge in [-0.1, -0.05) is 48.5 Å². The van der Waals surface area contributed by atoms with Crippen molar-refractivity contribution in [3.8, 4) is 5.75 Å². The van der Waals surface area contributed by atoms with Crippen LogP contribution in [-0.2, 0) is 24.4 Å². The number of hydrogen-bond acceptors (Lipinski definition) is 5. The maximum atomic E-state index is 12.8. The van der Waals surface area contributed by atoms with Gasteiger partial charge in [0.15, 0.2) is 0 Å². The van der Waals surface area contributed by atoms with Crippen LogP contribution in [0.4, 0.5) is 5.82 Å². The van der Waals surface area contributed by atoms with E-state index in [-0.39, 0.29) is 5.91 Å². The lowest BCUT2D eigenvalue weighted by Crippen LogP contribution is -2.38. The molecule has 1 amide bonds. The summed E-state index contributed by atoms with van der Waals surface area (Å²) in [6.07, 6.45) is 0.724. The Morgan fingerprint density at radius 1 is 1.00 bits per heavy atom. The summed E-state index contributed by atoms with van der Waals surface area (Å²) in [5.74, 6) is 1.29. The average Bonchev–Trinajstić information content (AvgIpc) is 2.78. The van der Waals surface area contributed by atoms with Gasteiger partial charge in [-0.15, -0.1) is 0 Å². The lowest BCUT2D eigenvalue weighted by Gasteiger charge is -2.27. The second kappa shape index (κ2) is 8.75. The molecule has 0 saturated heterocycles. The number of amides is 1. The maximum Gasteiger partial charge on any atom is 0.296 e. The van der Waals surface area contributed by atoms with Crippen LogP contribution in [0.1, 0.15) is 27.2 Å². The van der Waals surface area contributed by atoms with Gasteiger partial charge in [0.2, 0.25) is 0 Å². The van der Waals surface area contributed by atoms with E-state index in [1.54, 1.807) is 7.11 Å². The monoisotopic (exact) mass is 389 g/mol. The van der Waals surface area contributed by atoms with Crippen molar-refractivity contribution in [2.45, 2.75) is 19.6 Å². The smallest absolute Gasteiger partial charge is 0.296 e. The van der Waals surface area contributed by atoms with Crippen molar-refractivity contribution in [1.82, 2.24) is 10.0 Å². The highest BCUT2D eigenvalue weighted by Crippen LogP contribution is 2.21. The Morgan fingerprint density at radius 3 is 2.55 bits per heavy atom. The number of anilines is 1. The first-order valence-corrected chi connectivity index (χ1v) is 9.58. The third-order valence-corrected chi connectivity index (χ3v) is 4.85. The lowest BCUT2D eigenvalue weighted by atomic mass is 10.1. The summed E-state index contributed by atoms with van der Waals surface area (Å²) >= 11 is 0. The molecule has 3 aromatic rings. The molecule has 0 aliphatic carbocycles. The van der Waals surface area contributed by atoms with Gasteiger partial charge in [-0.3, -0.25) is 9.63 Å². The summed E-state index contributed by atoms with van der Waals surface area (Å²) in [6, 6.07) is 21.5. The average molecular weight is 389 g/mol. The van der Waals surface area contributed by atoms with Crippen LogP contribution in [0.3, 0.4) is 0 Å². The van der Waals surface area contributed by atoms with Gasteiger partial charge in [0.25, 0.3) is 5.91 Å². The molecule has 0 bridgehead atoms. The first-order valence-electron chi connectivity index (χ1n) is 9.58. The predicted molar refractivity (Wildman–Crippen MR) is 111 cm³/mol. The van der Waals surface area contributed by atoms with Crippen LogP contribution >= 0.6 is 0 Å². The number of carbonyl (C=O) groups is 1. The summed E-state index contributed by atoms with van der Waals surface area (Å²) in [4.78, 5) is 23.1. The molecule has 0 atom stereocenters. The van der Waals surface area contributed by atoms with Crippen molar-refractivity contribution in [2.24, 2.45) is 0 Å². The molecule has 0 unspecified atom stereocenters. The molecule has 6 heteroatoms. The number of nitrogens with zero attached hydrogens (tertiary/aromatic N) is 2. The Labute approximate surface area is 170 Å². The Morgan fingerprint density at radius 2 is 1.79 bits per heavy atom. The number of methoxy groups -OCH3 is 1. The van der Waals surface area contributed by atoms with Gasteiger partial charge < -0.3 is 10.1 Å². The van der Waals surface area contributed by atoms with Gasteiger partial charge in [0.1, 0.15) is 23.9 Å². The van der Waals surface area contributed by atoms with E-state index in [1.165, 1.54) is 5.06 Å². The molecule has 6 nitrogen and oxygen atoms in total. The molecule has 1 N–H and O–H groups in total. The van der Waals surface area contributed by atoms with Crippen LogP contribution in [0, 0.1) is 0 Å². The molecule has 2 heterocycles. The maximum absolute atomic E-state index is 12.8. The molecule has 0 radical (unpaired) electrons. The SMILES string of the molecule is COc1ccc(CNc2ccc3c(n2)C(=O)N(OCc2ccccc2)CC3)cc1. The Bertz CT molecular complexity index is 974. The minimum Gasteiger partial charge on any atom is -0.497 e. The summed E-state index contributed by atoms with van der Waals surface area (Å²) in [5, 5.41) is 4.69. The van der Waals surface area contributed by atoms with Crippen LogP contribution in [0.15, 0.2) is 66.7 Å². The quantitative estimate of drug-likeness (QED) is 0.665. The van der Waals surface area contributed by atoms with E-state index < -0.39 is 0 Å². The van der Waals surface area contributed by atoms with Crippen molar-refractivity contribution in [3.63, 3.8) is 0 Å². The van der Waals surface area contributed by atoms with E-state index >= 15 is 0 Å². The standard InChI is InChI=1S/C23H23N3O3/c1-28-20-10-7-17(8-11-20)15-24-21-12-9-19-13-14-26(23(27)22(19)25-21)29-16-18-5-3-2-4-6-18/h2-12H,13-16H2,1H3,(H,24,25). The zero-order chi connectivity index (χ0) is 20.1. The van der Waals surface area contributed by atoms with Crippen LogP contribution < -0.4 is 10.1 Å². The van der Waals surface area contributed by atoms with Gasteiger partial charge in [-0.25, -0.2) is 10.0 Å². The number of carbonyl (C=O) groups excluding carboxylic acids is 1. The minimum absolute atomic E-state index is 0.199. The van der Waals surface area contributed by atoms with Crippen LogP contribution in [-0.4, -0.2) is 29.6 Å². The molecule has 1 aliphatic heterocycles. The number of hydroxylamine groups is 2. The number of nitrogens with one attached hydrogen (secondary N) is 1. The zero-order valence-corrected chi connectivity index (χ0v) is 16.3. The van der Waals surface area contributed by atoms with Gasteiger partial charge in [-0.2, -0.15) is 0 Å². The number of benzene rings is 2. The first kappa shape index (κ1) is 19.0. The number of hydrogen-bond donors (Lipinski definition) is 1. The molecule has 0 saturated carbocycles. The molecule has 2 aromatic carbocycles. The largest absolute Gasteiger partial charge is 0.497 e. The first-order chi connectivity index (χ1) is 14.2. The number of fused-ring (bicyclic) bond motifs is 1. The second-order valence-corrected chi connectivity index (χ2v) is 6.82. The number of aromatic nitrogens is 1. The molecule has 0 fully saturated rings. The number of pyridine rings is 1. The normalized spacial score (nSPS) is 13.1. The molecule has 0 spiro atoms. The van der Waals surface area contributed by atoms with Crippen molar-refractivity contribution < 1.29 is 14.4 Å². The molecule has 1 aromatic heterocycles. The topological polar surface area (TPSA) is 63.7 Å². The Balaban J connectivity index is 1.40. The molecular weight excluding hydrogens is 366 g/mol. The fraction of sp³-hybridized carbons (Fsp3) is 0.217. The summed E-state index contributed by atoms with van der Waals surface area (Å²) in [5.41, 5.74) is 3.52. The summed E-state index contributed by atoms with van der Waals surface area (Å²) in [6.45, 7) is 1.49. The highest BCUT2D eigenvalue weighted by atomic mass is 16.7. The van der Waals surface area contributed by atoms with E-state index in [9.17, 15) is 4.79 Å². The van der Waals surface area contributed by atoms with Crippen molar-refractivity contribution in [2.75, 3.05) is 19.0 Å². The van der Waals surface area contributed by atoms with E-state index in [4.69, 9.17) is 9.57 Å². The number of ether oxygens (including phenoxy) is 1. The minimum atomic E-state index is -0.199. The third-order valence-electron chi connectivity index (χ3n) is 4.85. The molecule has 4 rings (SSSR count). The van der Waals surface area contributed by atoms with E-state index in [1.807, 2.05) is 66.7 Å². The van der Waals surface area contributed by atoms with Crippen LogP contribution in [0.5, 0.6) is 5.75 Å². The van der Waals surface area contributed by atoms with Gasteiger partial charge in [0, 0.05) is 6.54 Å². The Kier molecular flexibility index (Phi) is 5.72. The van der Waals surface area contributed by atoms with Crippen molar-refractivity contribution in [3.05, 3.63) is 89.1 Å². The fourth-order valence-corrected chi connectivity index (χ4v) is 3.20.